The number of piperidine rings is 1. The number of rotatable bonds is 7. The number of pyridine rings is 1. The van der Waals surface area contributed by atoms with Crippen LogP contribution in [-0.4, -0.2) is 38.9 Å². The Morgan fingerprint density at radius 1 is 1.09 bits per heavy atom. The zero-order chi connectivity index (χ0) is 22.8. The first-order valence-electron chi connectivity index (χ1n) is 11.4. The van der Waals surface area contributed by atoms with Crippen LogP contribution >= 0.6 is 0 Å². The maximum Gasteiger partial charge on any atom is 0.240 e. The molecule has 1 saturated heterocycles. The quantitative estimate of drug-likeness (QED) is 0.498. The molecule has 3 atom stereocenters. The number of anilines is 1. The van der Waals surface area contributed by atoms with Gasteiger partial charge in [-0.1, -0.05) is 18.2 Å². The number of nitrogens with one attached hydrogen (secondary N) is 3. The summed E-state index contributed by atoms with van der Waals surface area (Å²) in [7, 11) is -3.53. The number of carbonyl (C=O) groups excluding carboxylic acids is 1. The minimum Gasteiger partial charge on any atom is -0.326 e. The van der Waals surface area contributed by atoms with E-state index in [1.54, 1.807) is 24.5 Å². The van der Waals surface area contributed by atoms with E-state index in [1.165, 1.54) is 0 Å². The molecule has 8 heteroatoms. The van der Waals surface area contributed by atoms with Crippen molar-refractivity contribution in [2.24, 2.45) is 11.8 Å². The first-order chi connectivity index (χ1) is 16.0. The number of amides is 1. The minimum atomic E-state index is -3.53. The fourth-order valence-corrected chi connectivity index (χ4v) is 5.67. The number of carbonyl (C=O) groups is 1. The summed E-state index contributed by atoms with van der Waals surface area (Å²) < 4.78 is 28.0. The number of hydrogen-bond donors (Lipinski definition) is 3. The summed E-state index contributed by atoms with van der Waals surface area (Å²) in [6.07, 6.45) is 6.41. The Kier molecular flexibility index (Phi) is 6.14. The second-order valence-electron chi connectivity index (χ2n) is 9.01. The molecule has 5 rings (SSSR count). The molecule has 7 nitrogen and oxygen atoms in total. The van der Waals surface area contributed by atoms with Gasteiger partial charge in [0.1, 0.15) is 0 Å². The number of aromatic nitrogens is 1. The van der Waals surface area contributed by atoms with Crippen molar-refractivity contribution in [1.82, 2.24) is 15.0 Å². The van der Waals surface area contributed by atoms with Crippen molar-refractivity contribution >= 4 is 32.4 Å². The van der Waals surface area contributed by atoms with Crippen LogP contribution < -0.4 is 15.4 Å². The molecular formula is C25H28N4O3S. The van der Waals surface area contributed by atoms with E-state index in [9.17, 15) is 13.2 Å². The Balaban J connectivity index is 1.18. The van der Waals surface area contributed by atoms with Crippen LogP contribution in [-0.2, 0) is 14.8 Å². The fraction of sp³-hybridized carbons (Fsp3) is 0.360. The van der Waals surface area contributed by atoms with E-state index in [0.29, 0.717) is 12.5 Å². The number of nitrogens with zero attached hydrogens (tertiary/aromatic N) is 1. The lowest BCUT2D eigenvalue weighted by molar-refractivity contribution is -0.117. The van der Waals surface area contributed by atoms with Gasteiger partial charge < -0.3 is 10.6 Å². The molecule has 172 valence electrons. The van der Waals surface area contributed by atoms with Gasteiger partial charge in [0, 0.05) is 35.9 Å². The van der Waals surface area contributed by atoms with Crippen LogP contribution in [0, 0.1) is 11.8 Å². The normalized spacial score (nSPS) is 22.7. The van der Waals surface area contributed by atoms with Gasteiger partial charge in [-0.2, -0.15) is 0 Å². The summed E-state index contributed by atoms with van der Waals surface area (Å²) >= 11 is 0. The molecule has 0 spiro atoms. The molecule has 0 radical (unpaired) electrons. The van der Waals surface area contributed by atoms with Gasteiger partial charge in [-0.25, -0.2) is 13.1 Å². The second kappa shape index (κ2) is 9.21. The molecule has 1 aliphatic heterocycles. The fourth-order valence-electron chi connectivity index (χ4n) is 4.55. The molecule has 2 fully saturated rings. The highest BCUT2D eigenvalue weighted by Crippen LogP contribution is 2.48. The molecule has 2 aliphatic rings. The predicted octanol–water partition coefficient (Wildman–Crippen LogP) is 3.25. The largest absolute Gasteiger partial charge is 0.326 e. The summed E-state index contributed by atoms with van der Waals surface area (Å²) in [6.45, 7) is 2.31. The van der Waals surface area contributed by atoms with Crippen molar-refractivity contribution in [2.45, 2.75) is 30.1 Å². The lowest BCUT2D eigenvalue weighted by Gasteiger charge is -2.22. The third-order valence-corrected chi connectivity index (χ3v) is 8.05. The minimum absolute atomic E-state index is 0.00661. The summed E-state index contributed by atoms with van der Waals surface area (Å²) in [6, 6.07) is 14.6. The van der Waals surface area contributed by atoms with Gasteiger partial charge in [-0.3, -0.25) is 9.78 Å². The van der Waals surface area contributed by atoms with Crippen molar-refractivity contribution < 1.29 is 13.2 Å². The van der Waals surface area contributed by atoms with Gasteiger partial charge in [-0.05, 0) is 85.5 Å². The third-order valence-electron chi connectivity index (χ3n) is 6.61. The Labute approximate surface area is 194 Å². The molecule has 1 aliphatic carbocycles. The molecular weight excluding hydrogens is 436 g/mol. The average molecular weight is 465 g/mol. The van der Waals surface area contributed by atoms with Gasteiger partial charge in [0.15, 0.2) is 0 Å². The summed E-state index contributed by atoms with van der Waals surface area (Å²) in [5.74, 6) is 0.343. The lowest BCUT2D eigenvalue weighted by atomic mass is 10.0. The topological polar surface area (TPSA) is 100 Å². The van der Waals surface area contributed by atoms with Crippen LogP contribution in [0.3, 0.4) is 0 Å². The van der Waals surface area contributed by atoms with Crippen molar-refractivity contribution in [3.63, 3.8) is 0 Å². The third kappa shape index (κ3) is 5.08. The Morgan fingerprint density at radius 3 is 2.73 bits per heavy atom. The van der Waals surface area contributed by atoms with E-state index < -0.39 is 10.0 Å². The summed E-state index contributed by atoms with van der Waals surface area (Å²) in [4.78, 5) is 17.1. The number of sulfonamides is 1. The number of fused-ring (bicyclic) bond motifs is 1. The van der Waals surface area contributed by atoms with E-state index in [2.05, 4.69) is 20.3 Å². The first-order valence-corrected chi connectivity index (χ1v) is 12.9. The first kappa shape index (κ1) is 22.0. The average Bonchev–Trinajstić information content (AvgIpc) is 3.65. The summed E-state index contributed by atoms with van der Waals surface area (Å²) in [5, 5.41) is 8.37. The van der Waals surface area contributed by atoms with Crippen LogP contribution in [0.2, 0.25) is 0 Å². The molecule has 2 heterocycles. The smallest absolute Gasteiger partial charge is 0.240 e. The SMILES string of the molecule is O=C(Nc1ccc2cnccc2c1)C1CC1c1ccc(S(=O)(=O)NCC2CCCNC2)cc1. The molecule has 2 aromatic carbocycles. The molecule has 1 aromatic heterocycles. The predicted molar refractivity (Wildman–Crippen MR) is 128 cm³/mol. The maximum atomic E-state index is 12.7. The van der Waals surface area contributed by atoms with Crippen LogP contribution in [0.1, 0.15) is 30.7 Å². The molecule has 33 heavy (non-hydrogen) atoms. The van der Waals surface area contributed by atoms with E-state index in [1.807, 2.05) is 36.4 Å². The van der Waals surface area contributed by atoms with Crippen molar-refractivity contribution in [3.8, 4) is 0 Å². The highest BCUT2D eigenvalue weighted by atomic mass is 32.2. The highest BCUT2D eigenvalue weighted by molar-refractivity contribution is 7.89. The number of hydrogen-bond acceptors (Lipinski definition) is 5. The standard InChI is InChI=1S/C25H28N4O3S/c30-25(29-21-6-3-20-16-27-11-9-19(20)12-21)24-13-23(24)18-4-7-22(8-5-18)33(31,32)28-15-17-2-1-10-26-14-17/h3-9,11-12,16-17,23-24,26,28H,1-2,10,13-15H2,(H,29,30). The van der Waals surface area contributed by atoms with E-state index in [4.69, 9.17) is 0 Å². The van der Waals surface area contributed by atoms with E-state index in [0.717, 1.165) is 54.4 Å². The second-order valence-corrected chi connectivity index (χ2v) is 10.8. The Morgan fingerprint density at radius 2 is 1.94 bits per heavy atom. The zero-order valence-corrected chi connectivity index (χ0v) is 19.1. The van der Waals surface area contributed by atoms with Crippen LogP contribution in [0.5, 0.6) is 0 Å². The van der Waals surface area contributed by atoms with E-state index >= 15 is 0 Å². The van der Waals surface area contributed by atoms with Crippen molar-refractivity contribution in [3.05, 3.63) is 66.5 Å². The molecule has 3 N–H and O–H groups in total. The van der Waals surface area contributed by atoms with Gasteiger partial charge in [0.25, 0.3) is 0 Å². The van der Waals surface area contributed by atoms with Crippen LogP contribution in [0.4, 0.5) is 5.69 Å². The Bertz CT molecular complexity index is 1250. The molecule has 1 amide bonds. The zero-order valence-electron chi connectivity index (χ0n) is 18.3. The van der Waals surface area contributed by atoms with Gasteiger partial charge in [-0.15, -0.1) is 0 Å². The number of benzene rings is 2. The van der Waals surface area contributed by atoms with Crippen LogP contribution in [0.15, 0.2) is 65.8 Å². The van der Waals surface area contributed by atoms with Gasteiger partial charge in [0.05, 0.1) is 4.90 Å². The van der Waals surface area contributed by atoms with E-state index in [-0.39, 0.29) is 22.6 Å². The Hall–Kier alpha value is -2.81. The monoisotopic (exact) mass is 464 g/mol. The summed E-state index contributed by atoms with van der Waals surface area (Å²) in [5.41, 5.74) is 1.76. The molecule has 0 bridgehead atoms. The molecule has 3 aromatic rings. The van der Waals surface area contributed by atoms with Crippen molar-refractivity contribution in [1.29, 1.82) is 0 Å². The lowest BCUT2D eigenvalue weighted by Crippen LogP contribution is -2.38. The van der Waals surface area contributed by atoms with Crippen LogP contribution in [0.25, 0.3) is 10.8 Å². The van der Waals surface area contributed by atoms with Gasteiger partial charge >= 0.3 is 0 Å². The van der Waals surface area contributed by atoms with Crippen molar-refractivity contribution in [2.75, 3.05) is 25.0 Å². The van der Waals surface area contributed by atoms with Gasteiger partial charge in [0.2, 0.25) is 15.9 Å². The maximum absolute atomic E-state index is 12.7. The molecule has 3 unspecified atom stereocenters. The molecule has 1 saturated carbocycles. The highest BCUT2D eigenvalue weighted by Gasteiger charge is 2.44.